The van der Waals surface area contributed by atoms with E-state index in [1.165, 1.54) is 0 Å². The number of halogens is 2. The van der Waals surface area contributed by atoms with Gasteiger partial charge in [0.1, 0.15) is 11.5 Å². The van der Waals surface area contributed by atoms with Crippen LogP contribution in [-0.4, -0.2) is 43.3 Å². The summed E-state index contributed by atoms with van der Waals surface area (Å²) in [7, 11) is 1.65. The van der Waals surface area contributed by atoms with Gasteiger partial charge in [-0.1, -0.05) is 12.1 Å². The van der Waals surface area contributed by atoms with Gasteiger partial charge in [0, 0.05) is 43.9 Å². The molecule has 1 saturated heterocycles. The lowest BCUT2D eigenvalue weighted by atomic mass is 9.98. The number of methoxy groups -OCH3 is 1. The molecule has 0 unspecified atom stereocenters. The van der Waals surface area contributed by atoms with Gasteiger partial charge in [0.05, 0.1) is 7.11 Å². The van der Waals surface area contributed by atoms with Crippen LogP contribution in [0.4, 0.5) is 0 Å². The number of piperazine rings is 1. The van der Waals surface area contributed by atoms with Gasteiger partial charge < -0.3 is 15.2 Å². The number of allylic oxidation sites excluding steroid dienone is 1. The molecule has 1 atom stereocenters. The second-order valence-electron chi connectivity index (χ2n) is 5.09. The topological polar surface area (TPSA) is 44.7 Å². The second-order valence-corrected chi connectivity index (χ2v) is 5.09. The highest BCUT2D eigenvalue weighted by Gasteiger charge is 2.24. The molecule has 1 aromatic carbocycles. The molecule has 0 spiro atoms. The highest BCUT2D eigenvalue weighted by atomic mass is 35.5. The standard InChI is InChI=1S/C16H24N2O2.2ClH/c1-3-4-5-15(18-10-8-17-9-11-18)14-7-6-13(19)12-16(14)20-2;;/h3,6-7,12,15,17,19H,1,4-5,8-11H2,2H3;2*1H/t15-;;/m0../s1. The van der Waals surface area contributed by atoms with E-state index in [4.69, 9.17) is 4.74 Å². The maximum absolute atomic E-state index is 9.62. The molecule has 2 rings (SSSR count). The molecule has 1 aliphatic heterocycles. The van der Waals surface area contributed by atoms with E-state index in [0.29, 0.717) is 6.04 Å². The third-order valence-corrected chi connectivity index (χ3v) is 3.81. The van der Waals surface area contributed by atoms with E-state index < -0.39 is 0 Å². The summed E-state index contributed by atoms with van der Waals surface area (Å²) in [5.41, 5.74) is 1.15. The van der Waals surface area contributed by atoms with E-state index in [1.807, 2.05) is 12.1 Å². The summed E-state index contributed by atoms with van der Waals surface area (Å²) in [5.74, 6) is 1.01. The lowest BCUT2D eigenvalue weighted by Gasteiger charge is -2.35. The van der Waals surface area contributed by atoms with Crippen molar-refractivity contribution >= 4 is 24.8 Å². The Balaban J connectivity index is 0.00000220. The van der Waals surface area contributed by atoms with E-state index in [9.17, 15) is 5.11 Å². The van der Waals surface area contributed by atoms with Gasteiger partial charge in [-0.25, -0.2) is 0 Å². The number of nitrogens with zero attached hydrogens (tertiary/aromatic N) is 1. The van der Waals surface area contributed by atoms with Crippen LogP contribution in [0.3, 0.4) is 0 Å². The first kappa shape index (κ1) is 21.1. The number of nitrogens with one attached hydrogen (secondary N) is 1. The highest BCUT2D eigenvalue weighted by molar-refractivity contribution is 5.85. The Morgan fingerprint density at radius 1 is 1.36 bits per heavy atom. The maximum atomic E-state index is 9.62. The SMILES string of the molecule is C=CCC[C@@H](c1ccc(O)cc1OC)N1CCNCC1.Cl.Cl. The van der Waals surface area contributed by atoms with Crippen LogP contribution in [0.1, 0.15) is 24.4 Å². The Morgan fingerprint density at radius 2 is 2.05 bits per heavy atom. The Bertz CT molecular complexity index is 452. The summed E-state index contributed by atoms with van der Waals surface area (Å²) in [6, 6.07) is 5.72. The molecule has 0 saturated carbocycles. The van der Waals surface area contributed by atoms with Crippen molar-refractivity contribution in [1.82, 2.24) is 10.2 Å². The van der Waals surface area contributed by atoms with Gasteiger partial charge in [-0.3, -0.25) is 4.90 Å². The number of phenols is 1. The zero-order valence-electron chi connectivity index (χ0n) is 13.0. The fourth-order valence-corrected chi connectivity index (χ4v) is 2.78. The van der Waals surface area contributed by atoms with Crippen molar-refractivity contribution < 1.29 is 9.84 Å². The highest BCUT2D eigenvalue weighted by Crippen LogP contribution is 2.35. The van der Waals surface area contributed by atoms with Gasteiger partial charge >= 0.3 is 0 Å². The summed E-state index contributed by atoms with van der Waals surface area (Å²) >= 11 is 0. The maximum Gasteiger partial charge on any atom is 0.127 e. The molecule has 0 radical (unpaired) electrons. The number of phenolic OH excluding ortho intramolecular Hbond substituents is 1. The van der Waals surface area contributed by atoms with Crippen LogP contribution < -0.4 is 10.1 Å². The quantitative estimate of drug-likeness (QED) is 0.775. The minimum Gasteiger partial charge on any atom is -0.508 e. The predicted molar refractivity (Wildman–Crippen MR) is 95.8 cm³/mol. The van der Waals surface area contributed by atoms with Crippen LogP contribution >= 0.6 is 24.8 Å². The lowest BCUT2D eigenvalue weighted by molar-refractivity contribution is 0.163. The van der Waals surface area contributed by atoms with Gasteiger partial charge in [-0.05, 0) is 18.9 Å². The van der Waals surface area contributed by atoms with Crippen molar-refractivity contribution in [2.24, 2.45) is 0 Å². The molecule has 1 heterocycles. The predicted octanol–water partition coefficient (Wildman–Crippen LogP) is 3.16. The summed E-state index contributed by atoms with van der Waals surface area (Å²) in [6.07, 6.45) is 3.95. The Labute approximate surface area is 145 Å². The van der Waals surface area contributed by atoms with Crippen molar-refractivity contribution in [1.29, 1.82) is 0 Å². The number of benzene rings is 1. The molecule has 1 fully saturated rings. The van der Waals surface area contributed by atoms with E-state index in [2.05, 4.69) is 16.8 Å². The van der Waals surface area contributed by atoms with Crippen molar-refractivity contribution in [2.45, 2.75) is 18.9 Å². The second kappa shape index (κ2) is 10.7. The normalized spacial score (nSPS) is 16.0. The molecule has 126 valence electrons. The Kier molecular flexibility index (Phi) is 10.3. The minimum absolute atomic E-state index is 0. The van der Waals surface area contributed by atoms with Gasteiger partial charge in [0.15, 0.2) is 0 Å². The average molecular weight is 349 g/mol. The molecule has 6 heteroatoms. The molecule has 22 heavy (non-hydrogen) atoms. The van der Waals surface area contributed by atoms with Crippen LogP contribution in [0.25, 0.3) is 0 Å². The molecule has 0 amide bonds. The largest absolute Gasteiger partial charge is 0.508 e. The van der Waals surface area contributed by atoms with Crippen molar-refractivity contribution in [2.75, 3.05) is 33.3 Å². The van der Waals surface area contributed by atoms with Crippen LogP contribution in [-0.2, 0) is 0 Å². The van der Waals surface area contributed by atoms with Crippen molar-refractivity contribution in [3.05, 3.63) is 36.4 Å². The van der Waals surface area contributed by atoms with Gasteiger partial charge in [0.2, 0.25) is 0 Å². The van der Waals surface area contributed by atoms with E-state index >= 15 is 0 Å². The number of rotatable bonds is 6. The van der Waals surface area contributed by atoms with Gasteiger partial charge in [-0.2, -0.15) is 0 Å². The van der Waals surface area contributed by atoms with Crippen LogP contribution in [0, 0.1) is 0 Å². The number of hydrogen-bond donors (Lipinski definition) is 2. The molecule has 1 aliphatic rings. The molecule has 0 bridgehead atoms. The zero-order valence-corrected chi connectivity index (χ0v) is 14.6. The summed E-state index contributed by atoms with van der Waals surface area (Å²) in [6.45, 7) is 7.93. The van der Waals surface area contributed by atoms with E-state index in [-0.39, 0.29) is 30.6 Å². The summed E-state index contributed by atoms with van der Waals surface area (Å²) in [4.78, 5) is 2.48. The summed E-state index contributed by atoms with van der Waals surface area (Å²) in [5, 5.41) is 13.0. The number of aromatic hydroxyl groups is 1. The van der Waals surface area contributed by atoms with Crippen LogP contribution in [0.15, 0.2) is 30.9 Å². The molecular formula is C16H26Cl2N2O2. The van der Waals surface area contributed by atoms with E-state index in [1.54, 1.807) is 19.2 Å². The van der Waals surface area contributed by atoms with Crippen molar-refractivity contribution in [3.63, 3.8) is 0 Å². The number of hydrogen-bond acceptors (Lipinski definition) is 4. The molecule has 1 aromatic rings. The lowest BCUT2D eigenvalue weighted by Crippen LogP contribution is -2.45. The first-order valence-electron chi connectivity index (χ1n) is 7.19. The monoisotopic (exact) mass is 348 g/mol. The van der Waals surface area contributed by atoms with Crippen LogP contribution in [0.5, 0.6) is 11.5 Å². The first-order valence-corrected chi connectivity index (χ1v) is 7.19. The number of ether oxygens (including phenoxy) is 1. The Hall–Kier alpha value is -0.940. The summed E-state index contributed by atoms with van der Waals surface area (Å²) < 4.78 is 5.45. The molecule has 4 nitrogen and oxygen atoms in total. The molecular weight excluding hydrogens is 323 g/mol. The zero-order chi connectivity index (χ0) is 14.4. The molecule has 0 aliphatic carbocycles. The van der Waals surface area contributed by atoms with Gasteiger partial charge in [-0.15, -0.1) is 31.4 Å². The molecule has 2 N–H and O–H groups in total. The average Bonchev–Trinajstić information content (AvgIpc) is 2.49. The Morgan fingerprint density at radius 3 is 2.64 bits per heavy atom. The fraction of sp³-hybridized carbons (Fsp3) is 0.500. The fourth-order valence-electron chi connectivity index (χ4n) is 2.78. The smallest absolute Gasteiger partial charge is 0.127 e. The third-order valence-electron chi connectivity index (χ3n) is 3.81. The van der Waals surface area contributed by atoms with Gasteiger partial charge in [0.25, 0.3) is 0 Å². The van der Waals surface area contributed by atoms with Crippen LogP contribution in [0.2, 0.25) is 0 Å². The minimum atomic E-state index is 0. The van der Waals surface area contributed by atoms with E-state index in [0.717, 1.165) is 50.3 Å². The van der Waals surface area contributed by atoms with Crippen molar-refractivity contribution in [3.8, 4) is 11.5 Å². The first-order chi connectivity index (χ1) is 9.76. The molecule has 0 aromatic heterocycles. The third kappa shape index (κ3) is 5.36.